The molecule has 0 saturated heterocycles. The molecule has 0 radical (unpaired) electrons. The lowest BCUT2D eigenvalue weighted by molar-refractivity contribution is 0.627. The fourth-order valence-corrected chi connectivity index (χ4v) is 8.94. The largest absolute Gasteiger partial charge is 0.309 e. The first-order valence-electron chi connectivity index (χ1n) is 17.0. The molecule has 0 amide bonds. The lowest BCUT2D eigenvalue weighted by Crippen LogP contribution is -1.96. The van der Waals surface area contributed by atoms with Gasteiger partial charge in [-0.05, 0) is 106 Å². The summed E-state index contributed by atoms with van der Waals surface area (Å²) in [6, 6.07) is 55.7. The fourth-order valence-electron chi connectivity index (χ4n) is 8.94. The first kappa shape index (κ1) is 26.3. The van der Waals surface area contributed by atoms with Crippen molar-refractivity contribution in [2.45, 2.75) is 0 Å². The van der Waals surface area contributed by atoms with E-state index in [2.05, 4.69) is 147 Å². The SMILES string of the molecule is Fc1ccc(-n2c3ccc(-n4c5cccc6ccc7cccc4c7c65)cc3c3cc(-n4c5cccc6ccc7cccc4c7c65)ccc32)cc1. The predicted molar refractivity (Wildman–Crippen MR) is 207 cm³/mol. The second-order valence-corrected chi connectivity index (χ2v) is 13.5. The highest BCUT2D eigenvalue weighted by atomic mass is 19.1. The molecule has 0 unspecified atom stereocenters. The molecule has 232 valence electrons. The van der Waals surface area contributed by atoms with Crippen molar-refractivity contribution in [3.05, 3.63) is 164 Å². The number of nitrogens with zero attached hydrogens (tertiary/aromatic N) is 3. The zero-order valence-corrected chi connectivity index (χ0v) is 26.7. The van der Waals surface area contributed by atoms with E-state index in [9.17, 15) is 4.39 Å². The van der Waals surface area contributed by atoms with Gasteiger partial charge in [-0.1, -0.05) is 72.8 Å². The van der Waals surface area contributed by atoms with Gasteiger partial charge in [0.05, 0.1) is 33.1 Å². The van der Waals surface area contributed by atoms with Gasteiger partial charge in [0, 0.05) is 49.4 Å². The van der Waals surface area contributed by atoms with Crippen molar-refractivity contribution in [1.82, 2.24) is 13.7 Å². The molecule has 3 heterocycles. The molecule has 0 N–H and O–H groups in total. The molecule has 50 heavy (non-hydrogen) atoms. The molecule has 12 rings (SSSR count). The standard InChI is InChI=1S/C46H26FN3/c47-31-17-19-32(20-18-31)48-37-23-21-33(49-39-9-1-5-27-13-14-28-6-2-10-40(49)44(28)43(27)39)25-35(37)36-26-34(22-24-38(36)48)50-41-11-3-7-29-15-16-30-8-4-12-42(50)46(30)45(29)41/h1-26H. The molecule has 0 aliphatic heterocycles. The molecule has 0 aliphatic carbocycles. The van der Waals surface area contributed by atoms with E-state index in [1.165, 1.54) is 65.2 Å². The van der Waals surface area contributed by atoms with Crippen LogP contribution in [0.15, 0.2) is 158 Å². The summed E-state index contributed by atoms with van der Waals surface area (Å²) in [4.78, 5) is 0. The predicted octanol–water partition coefficient (Wildman–Crippen LogP) is 12.3. The van der Waals surface area contributed by atoms with Gasteiger partial charge < -0.3 is 13.7 Å². The minimum Gasteiger partial charge on any atom is -0.309 e. The summed E-state index contributed by atoms with van der Waals surface area (Å²) in [7, 11) is 0. The van der Waals surface area contributed by atoms with E-state index in [4.69, 9.17) is 0 Å². The van der Waals surface area contributed by atoms with Crippen LogP contribution in [0.4, 0.5) is 4.39 Å². The Labute approximate surface area is 284 Å². The van der Waals surface area contributed by atoms with Crippen LogP contribution < -0.4 is 0 Å². The zero-order valence-electron chi connectivity index (χ0n) is 26.7. The van der Waals surface area contributed by atoms with E-state index >= 15 is 0 Å². The first-order chi connectivity index (χ1) is 24.7. The van der Waals surface area contributed by atoms with Crippen LogP contribution in [-0.4, -0.2) is 13.7 Å². The Bertz CT molecular complexity index is 2980. The molecule has 0 aliphatic rings. The average Bonchev–Trinajstić information content (AvgIpc) is 3.80. The second kappa shape index (κ2) is 9.28. The molecule has 4 heteroatoms. The van der Waals surface area contributed by atoms with E-state index in [1.54, 1.807) is 12.1 Å². The highest BCUT2D eigenvalue weighted by Gasteiger charge is 2.21. The Morgan fingerprint density at radius 2 is 0.640 bits per heavy atom. The van der Waals surface area contributed by atoms with Crippen LogP contribution in [-0.2, 0) is 0 Å². The topological polar surface area (TPSA) is 14.8 Å². The van der Waals surface area contributed by atoms with Crippen molar-refractivity contribution in [2.24, 2.45) is 0 Å². The number of rotatable bonds is 3. The summed E-state index contributed by atoms with van der Waals surface area (Å²) in [5, 5.41) is 12.5. The van der Waals surface area contributed by atoms with Gasteiger partial charge in [0.15, 0.2) is 0 Å². The summed E-state index contributed by atoms with van der Waals surface area (Å²) in [6.45, 7) is 0. The second-order valence-electron chi connectivity index (χ2n) is 13.5. The van der Waals surface area contributed by atoms with E-state index in [1.807, 2.05) is 12.1 Å². The summed E-state index contributed by atoms with van der Waals surface area (Å²) >= 11 is 0. The quantitative estimate of drug-likeness (QED) is 0.171. The Kier molecular flexibility index (Phi) is 4.88. The monoisotopic (exact) mass is 639 g/mol. The van der Waals surface area contributed by atoms with Crippen LogP contribution in [0.3, 0.4) is 0 Å². The zero-order chi connectivity index (χ0) is 32.7. The Hall–Kier alpha value is -6.65. The van der Waals surface area contributed by atoms with Gasteiger partial charge in [-0.2, -0.15) is 0 Å². The Morgan fingerprint density at radius 3 is 1.02 bits per heavy atom. The van der Waals surface area contributed by atoms with Crippen LogP contribution in [0.2, 0.25) is 0 Å². The van der Waals surface area contributed by atoms with Gasteiger partial charge in [0.25, 0.3) is 0 Å². The number of benzene rings is 9. The van der Waals surface area contributed by atoms with Crippen molar-refractivity contribution in [2.75, 3.05) is 0 Å². The van der Waals surface area contributed by atoms with Gasteiger partial charge in [-0.25, -0.2) is 4.39 Å². The normalized spacial score (nSPS) is 12.5. The van der Waals surface area contributed by atoms with Crippen LogP contribution >= 0.6 is 0 Å². The van der Waals surface area contributed by atoms with Crippen molar-refractivity contribution in [1.29, 1.82) is 0 Å². The fraction of sp³-hybridized carbons (Fsp3) is 0. The molecule has 3 nitrogen and oxygen atoms in total. The third kappa shape index (κ3) is 3.28. The summed E-state index contributed by atoms with van der Waals surface area (Å²) in [5.41, 5.74) is 10.1. The van der Waals surface area contributed by atoms with Crippen molar-refractivity contribution < 1.29 is 4.39 Å². The molecular formula is C46H26FN3. The maximum absolute atomic E-state index is 14.2. The summed E-state index contributed by atoms with van der Waals surface area (Å²) in [6.07, 6.45) is 0. The van der Waals surface area contributed by atoms with Crippen LogP contribution in [0.5, 0.6) is 0 Å². The number of hydrogen-bond donors (Lipinski definition) is 0. The minimum atomic E-state index is -0.243. The highest BCUT2D eigenvalue weighted by molar-refractivity contribution is 6.25. The average molecular weight is 640 g/mol. The smallest absolute Gasteiger partial charge is 0.123 e. The van der Waals surface area contributed by atoms with E-state index in [0.29, 0.717) is 0 Å². The summed E-state index contributed by atoms with van der Waals surface area (Å²) in [5.74, 6) is -0.243. The van der Waals surface area contributed by atoms with E-state index in [-0.39, 0.29) is 5.82 Å². The van der Waals surface area contributed by atoms with Gasteiger partial charge in [0.1, 0.15) is 5.82 Å². The molecule has 0 spiro atoms. The highest BCUT2D eigenvalue weighted by Crippen LogP contribution is 2.43. The molecule has 12 aromatic rings. The molecule has 3 aromatic heterocycles. The number of aromatic nitrogens is 3. The van der Waals surface area contributed by atoms with Gasteiger partial charge >= 0.3 is 0 Å². The van der Waals surface area contributed by atoms with E-state index in [0.717, 1.165) is 38.9 Å². The molecule has 0 saturated carbocycles. The summed E-state index contributed by atoms with van der Waals surface area (Å²) < 4.78 is 21.3. The van der Waals surface area contributed by atoms with E-state index < -0.39 is 0 Å². The first-order valence-corrected chi connectivity index (χ1v) is 17.0. The molecule has 0 fully saturated rings. The van der Waals surface area contributed by atoms with Gasteiger partial charge in [-0.3, -0.25) is 0 Å². The maximum Gasteiger partial charge on any atom is 0.123 e. The molecular weight excluding hydrogens is 614 g/mol. The molecule has 0 atom stereocenters. The van der Waals surface area contributed by atoms with Gasteiger partial charge in [0.2, 0.25) is 0 Å². The van der Waals surface area contributed by atoms with Crippen LogP contribution in [0.25, 0.3) is 104 Å². The van der Waals surface area contributed by atoms with Gasteiger partial charge in [-0.15, -0.1) is 0 Å². The lowest BCUT2D eigenvalue weighted by atomic mass is 10.0. The molecule has 9 aromatic carbocycles. The number of fused-ring (bicyclic) bond motifs is 3. The third-order valence-electron chi connectivity index (χ3n) is 11.0. The van der Waals surface area contributed by atoms with Crippen molar-refractivity contribution in [3.63, 3.8) is 0 Å². The minimum absolute atomic E-state index is 0.243. The lowest BCUT2D eigenvalue weighted by Gasteiger charge is -2.10. The molecule has 0 bridgehead atoms. The van der Waals surface area contributed by atoms with Crippen LogP contribution in [0.1, 0.15) is 0 Å². The maximum atomic E-state index is 14.2. The van der Waals surface area contributed by atoms with Crippen LogP contribution in [0, 0.1) is 5.82 Å². The Morgan fingerprint density at radius 1 is 0.300 bits per heavy atom. The van der Waals surface area contributed by atoms with Crippen molar-refractivity contribution in [3.8, 4) is 17.1 Å². The number of halogens is 1. The third-order valence-corrected chi connectivity index (χ3v) is 11.0. The Balaban J connectivity index is 1.19. The number of hydrogen-bond acceptors (Lipinski definition) is 0. The van der Waals surface area contributed by atoms with Crippen molar-refractivity contribution >= 4 is 87.0 Å².